The van der Waals surface area contributed by atoms with Gasteiger partial charge in [0, 0.05) is 11.3 Å². The predicted octanol–water partition coefficient (Wildman–Crippen LogP) is 1.24. The van der Waals surface area contributed by atoms with Gasteiger partial charge in [0.05, 0.1) is 17.6 Å². The van der Waals surface area contributed by atoms with E-state index < -0.39 is 0 Å². The van der Waals surface area contributed by atoms with E-state index in [0.717, 1.165) is 33.7 Å². The molecule has 1 saturated heterocycles. The number of hydrogen-bond acceptors (Lipinski definition) is 5. The van der Waals surface area contributed by atoms with Crippen molar-refractivity contribution in [1.82, 2.24) is 10.3 Å². The zero-order valence-electron chi connectivity index (χ0n) is 9.09. The highest BCUT2D eigenvalue weighted by molar-refractivity contribution is 7.99. The first kappa shape index (κ1) is 11.0. The van der Waals surface area contributed by atoms with Crippen molar-refractivity contribution in [3.05, 3.63) is 29.8 Å². The molecule has 4 nitrogen and oxygen atoms in total. The van der Waals surface area contributed by atoms with Gasteiger partial charge in [-0.05, 0) is 12.1 Å². The van der Waals surface area contributed by atoms with Crippen LogP contribution in [0.2, 0.25) is 0 Å². The second-order valence-electron chi connectivity index (χ2n) is 3.95. The second-order valence-corrected chi connectivity index (χ2v) is 5.34. The Morgan fingerprint density at radius 2 is 2.29 bits per heavy atom. The molecule has 2 aliphatic rings. The lowest BCUT2D eigenvalue weighted by atomic mass is 10.1. The molecule has 0 radical (unpaired) electrons. The molecule has 2 heterocycles. The lowest BCUT2D eigenvalue weighted by Gasteiger charge is -2.24. The molecule has 17 heavy (non-hydrogen) atoms. The van der Waals surface area contributed by atoms with Crippen molar-refractivity contribution in [3.63, 3.8) is 0 Å². The summed E-state index contributed by atoms with van der Waals surface area (Å²) in [6.45, 7) is 0. The fraction of sp³-hybridized carbons (Fsp3) is 0.273. The van der Waals surface area contributed by atoms with Gasteiger partial charge in [0.15, 0.2) is 0 Å². The minimum Gasteiger partial charge on any atom is -0.342 e. The number of nitrogens with one attached hydrogen (secondary N) is 1. The van der Waals surface area contributed by atoms with Gasteiger partial charge in [-0.2, -0.15) is 0 Å². The van der Waals surface area contributed by atoms with Gasteiger partial charge in [0.25, 0.3) is 0 Å². The first-order valence-corrected chi connectivity index (χ1v) is 6.90. The van der Waals surface area contributed by atoms with Crippen LogP contribution in [-0.4, -0.2) is 33.4 Å². The monoisotopic (exact) mass is 264 g/mol. The van der Waals surface area contributed by atoms with Crippen LogP contribution in [0, 0.1) is 0 Å². The molecule has 3 N–H and O–H groups in total. The zero-order chi connectivity index (χ0) is 11.8. The lowest BCUT2D eigenvalue weighted by molar-refractivity contribution is 0.487. The van der Waals surface area contributed by atoms with E-state index in [1.807, 2.05) is 36.0 Å². The van der Waals surface area contributed by atoms with Gasteiger partial charge < -0.3 is 10.3 Å². The SMILES string of the molecule is NNC1=Nc2ccccc2C(=S)N2CSCC12. The Morgan fingerprint density at radius 1 is 1.47 bits per heavy atom. The third kappa shape index (κ3) is 1.72. The molecule has 0 aliphatic carbocycles. The van der Waals surface area contributed by atoms with Crippen molar-refractivity contribution in [2.45, 2.75) is 6.04 Å². The topological polar surface area (TPSA) is 53.6 Å². The maximum Gasteiger partial charge on any atom is 0.140 e. The van der Waals surface area contributed by atoms with Crippen LogP contribution in [0.3, 0.4) is 0 Å². The minimum atomic E-state index is 0.171. The summed E-state index contributed by atoms with van der Waals surface area (Å²) in [6, 6.07) is 8.10. The van der Waals surface area contributed by atoms with Gasteiger partial charge in [-0.15, -0.1) is 11.8 Å². The third-order valence-corrected chi connectivity index (χ3v) is 4.45. The zero-order valence-corrected chi connectivity index (χ0v) is 10.7. The molecule has 1 unspecified atom stereocenters. The smallest absolute Gasteiger partial charge is 0.140 e. The summed E-state index contributed by atoms with van der Waals surface area (Å²) in [5, 5.41) is 0. The number of nitrogens with two attached hydrogens (primary N) is 1. The summed E-state index contributed by atoms with van der Waals surface area (Å²) in [6.07, 6.45) is 0. The molecule has 1 aromatic carbocycles. The Bertz CT molecular complexity index is 500. The average molecular weight is 264 g/mol. The normalized spacial score (nSPS) is 22.6. The van der Waals surface area contributed by atoms with Gasteiger partial charge in [0.2, 0.25) is 0 Å². The highest BCUT2D eigenvalue weighted by atomic mass is 32.2. The Labute approximate surface area is 109 Å². The number of fused-ring (bicyclic) bond motifs is 2. The average Bonchev–Trinajstić information content (AvgIpc) is 2.81. The number of rotatable bonds is 0. The van der Waals surface area contributed by atoms with Crippen LogP contribution in [0.25, 0.3) is 0 Å². The first-order valence-electron chi connectivity index (χ1n) is 5.34. The van der Waals surface area contributed by atoms with E-state index in [-0.39, 0.29) is 6.04 Å². The molecule has 6 heteroatoms. The summed E-state index contributed by atoms with van der Waals surface area (Å²) in [4.78, 5) is 7.64. The number of para-hydroxylation sites is 1. The molecule has 3 rings (SSSR count). The quantitative estimate of drug-likeness (QED) is 0.419. The summed E-state index contributed by atoms with van der Waals surface area (Å²) >= 11 is 7.40. The summed E-state index contributed by atoms with van der Waals surface area (Å²) in [7, 11) is 0. The fourth-order valence-electron chi connectivity index (χ4n) is 2.11. The number of hydrogen-bond donors (Lipinski definition) is 2. The molecule has 0 aromatic heterocycles. The summed E-state index contributed by atoms with van der Waals surface area (Å²) in [5.74, 6) is 8.24. The van der Waals surface area contributed by atoms with Crippen molar-refractivity contribution >= 4 is 40.5 Å². The number of benzene rings is 1. The molecule has 0 spiro atoms. The molecule has 1 aromatic rings. The number of thiocarbonyl (C=S) groups is 1. The van der Waals surface area contributed by atoms with Gasteiger partial charge in [-0.1, -0.05) is 24.4 Å². The van der Waals surface area contributed by atoms with Crippen molar-refractivity contribution in [2.24, 2.45) is 10.8 Å². The van der Waals surface area contributed by atoms with Gasteiger partial charge in [0.1, 0.15) is 10.8 Å². The van der Waals surface area contributed by atoms with Crippen molar-refractivity contribution in [3.8, 4) is 0 Å². The molecular weight excluding hydrogens is 252 g/mol. The first-order chi connectivity index (χ1) is 8.31. The van der Waals surface area contributed by atoms with E-state index in [2.05, 4.69) is 15.3 Å². The maximum absolute atomic E-state index is 5.57. The predicted molar refractivity (Wildman–Crippen MR) is 75.5 cm³/mol. The standard InChI is InChI=1S/C11H12N4S2/c12-14-10-9-5-17-6-15(9)11(16)7-3-1-2-4-8(7)13-10/h1-4,9H,5-6,12H2,(H,13,14). The maximum atomic E-state index is 5.57. The van der Waals surface area contributed by atoms with Gasteiger partial charge in [-0.25, -0.2) is 10.8 Å². The van der Waals surface area contributed by atoms with Crippen LogP contribution >= 0.6 is 24.0 Å². The number of thioether (sulfide) groups is 1. The van der Waals surface area contributed by atoms with E-state index in [1.54, 1.807) is 0 Å². The molecule has 0 amide bonds. The molecule has 2 aliphatic heterocycles. The largest absolute Gasteiger partial charge is 0.342 e. The Kier molecular flexibility index (Phi) is 2.78. The number of amidine groups is 1. The van der Waals surface area contributed by atoms with Gasteiger partial charge >= 0.3 is 0 Å². The molecule has 88 valence electrons. The van der Waals surface area contributed by atoms with E-state index in [9.17, 15) is 0 Å². The van der Waals surface area contributed by atoms with Crippen LogP contribution in [-0.2, 0) is 0 Å². The second kappa shape index (κ2) is 4.29. The highest BCUT2D eigenvalue weighted by Gasteiger charge is 2.34. The van der Waals surface area contributed by atoms with E-state index in [0.29, 0.717) is 0 Å². The van der Waals surface area contributed by atoms with E-state index in [4.69, 9.17) is 18.1 Å². The van der Waals surface area contributed by atoms with Crippen LogP contribution < -0.4 is 11.3 Å². The van der Waals surface area contributed by atoms with Crippen LogP contribution in [0.1, 0.15) is 5.56 Å². The number of nitrogens with zero attached hydrogens (tertiary/aromatic N) is 2. The van der Waals surface area contributed by atoms with E-state index >= 15 is 0 Å². The molecule has 0 bridgehead atoms. The molecule has 1 fully saturated rings. The number of hydrazine groups is 1. The van der Waals surface area contributed by atoms with Gasteiger partial charge in [-0.3, -0.25) is 0 Å². The van der Waals surface area contributed by atoms with Crippen LogP contribution in [0.4, 0.5) is 5.69 Å². The van der Waals surface area contributed by atoms with Crippen LogP contribution in [0.5, 0.6) is 0 Å². The Hall–Kier alpha value is -1.11. The van der Waals surface area contributed by atoms with Crippen LogP contribution in [0.15, 0.2) is 29.3 Å². The van der Waals surface area contributed by atoms with Crippen molar-refractivity contribution in [1.29, 1.82) is 0 Å². The lowest BCUT2D eigenvalue weighted by Crippen LogP contribution is -2.48. The number of aliphatic imine (C=N–C) groups is 1. The minimum absolute atomic E-state index is 0.171. The fourth-order valence-corrected chi connectivity index (χ4v) is 3.73. The Balaban J connectivity index is 2.15. The molecule has 1 atom stereocenters. The van der Waals surface area contributed by atoms with E-state index in [1.165, 1.54) is 0 Å². The Morgan fingerprint density at radius 3 is 3.12 bits per heavy atom. The molecular formula is C11H12N4S2. The van der Waals surface area contributed by atoms with Crippen molar-refractivity contribution < 1.29 is 0 Å². The molecule has 0 saturated carbocycles. The highest BCUT2D eigenvalue weighted by Crippen LogP contribution is 2.31. The third-order valence-electron chi connectivity index (χ3n) is 2.98. The summed E-state index contributed by atoms with van der Waals surface area (Å²) in [5.41, 5.74) is 4.62. The summed E-state index contributed by atoms with van der Waals surface area (Å²) < 4.78 is 0. The van der Waals surface area contributed by atoms with Crippen molar-refractivity contribution in [2.75, 3.05) is 11.6 Å².